The van der Waals surface area contributed by atoms with Crippen LogP contribution in [-0.4, -0.2) is 11.9 Å². The fourth-order valence-electron chi connectivity index (χ4n) is 1.57. The molecule has 0 fully saturated rings. The maximum Gasteiger partial charge on any atom is 2.00 e. The van der Waals surface area contributed by atoms with Crippen LogP contribution >= 0.6 is 11.6 Å². The molecular formula is C15H19ClNiO4. The third kappa shape index (κ3) is 9.49. The summed E-state index contributed by atoms with van der Waals surface area (Å²) in [6.07, 6.45) is 3.52. The molecular weight excluding hydrogens is 338 g/mol. The van der Waals surface area contributed by atoms with E-state index in [2.05, 4.69) is 6.92 Å². The number of rotatable bonds is 6. The quantitative estimate of drug-likeness (QED) is 0.725. The maximum atomic E-state index is 10.3. The van der Waals surface area contributed by atoms with Crippen LogP contribution in [0.1, 0.15) is 49.9 Å². The van der Waals surface area contributed by atoms with Gasteiger partial charge in [0.25, 0.3) is 0 Å². The SMILES string of the molecule is CCCCC(CC)C(=O)[O-].O=C([O-])c1ccccc1Cl.[Ni+2]. The molecule has 1 rings (SSSR count). The zero-order valence-corrected chi connectivity index (χ0v) is 13.8. The minimum absolute atomic E-state index is 0. The van der Waals surface area contributed by atoms with E-state index in [0.717, 1.165) is 19.3 Å². The monoisotopic (exact) mass is 356 g/mol. The Bertz CT molecular complexity index is 437. The molecule has 21 heavy (non-hydrogen) atoms. The van der Waals surface area contributed by atoms with E-state index in [-0.39, 0.29) is 33.0 Å². The number of aliphatic carboxylic acids is 1. The van der Waals surface area contributed by atoms with Gasteiger partial charge in [-0.2, -0.15) is 0 Å². The van der Waals surface area contributed by atoms with E-state index in [1.165, 1.54) is 12.1 Å². The number of halogens is 1. The topological polar surface area (TPSA) is 80.3 Å². The summed E-state index contributed by atoms with van der Waals surface area (Å²) in [4.78, 5) is 20.6. The van der Waals surface area contributed by atoms with Gasteiger partial charge in [0.1, 0.15) is 0 Å². The molecule has 0 heterocycles. The van der Waals surface area contributed by atoms with Crippen LogP contribution in [0.15, 0.2) is 24.3 Å². The Morgan fingerprint density at radius 2 is 1.76 bits per heavy atom. The minimum Gasteiger partial charge on any atom is -0.550 e. The first kappa shape index (κ1) is 22.2. The van der Waals surface area contributed by atoms with Crippen LogP contribution in [0.3, 0.4) is 0 Å². The van der Waals surface area contributed by atoms with Crippen molar-refractivity contribution in [2.45, 2.75) is 39.5 Å². The second-order valence-corrected chi connectivity index (χ2v) is 4.74. The van der Waals surface area contributed by atoms with E-state index in [4.69, 9.17) is 11.6 Å². The van der Waals surface area contributed by atoms with Gasteiger partial charge in [-0.15, -0.1) is 0 Å². The van der Waals surface area contributed by atoms with Crippen molar-refractivity contribution in [3.05, 3.63) is 34.9 Å². The van der Waals surface area contributed by atoms with Crippen molar-refractivity contribution < 1.29 is 36.3 Å². The number of benzene rings is 1. The number of carboxylic acid groups (broad SMARTS) is 2. The Balaban J connectivity index is 0. The number of hydrogen-bond acceptors (Lipinski definition) is 4. The second-order valence-electron chi connectivity index (χ2n) is 4.33. The van der Waals surface area contributed by atoms with Gasteiger partial charge in [-0.05, 0) is 24.8 Å². The zero-order valence-electron chi connectivity index (χ0n) is 12.0. The van der Waals surface area contributed by atoms with Crippen molar-refractivity contribution in [1.82, 2.24) is 0 Å². The predicted molar refractivity (Wildman–Crippen MR) is 74.1 cm³/mol. The first-order valence-electron chi connectivity index (χ1n) is 6.60. The fraction of sp³-hybridized carbons (Fsp3) is 0.467. The number of carboxylic acids is 2. The van der Waals surface area contributed by atoms with E-state index in [9.17, 15) is 19.8 Å². The van der Waals surface area contributed by atoms with Gasteiger partial charge in [0.15, 0.2) is 0 Å². The molecule has 6 heteroatoms. The number of hydrogen-bond donors (Lipinski definition) is 0. The molecule has 0 saturated heterocycles. The molecule has 1 atom stereocenters. The number of unbranched alkanes of at least 4 members (excludes halogenated alkanes) is 1. The summed E-state index contributed by atoms with van der Waals surface area (Å²) in [6.45, 7) is 3.94. The molecule has 1 aromatic carbocycles. The average Bonchev–Trinajstić information content (AvgIpc) is 2.40. The number of carbonyl (C=O) groups is 2. The summed E-state index contributed by atoms with van der Waals surface area (Å²) in [5.41, 5.74) is 0.0316. The molecule has 0 aliphatic rings. The van der Waals surface area contributed by atoms with Gasteiger partial charge < -0.3 is 19.8 Å². The average molecular weight is 357 g/mol. The molecule has 1 unspecified atom stereocenters. The molecule has 0 aliphatic heterocycles. The van der Waals surface area contributed by atoms with Gasteiger partial charge in [-0.25, -0.2) is 0 Å². The van der Waals surface area contributed by atoms with Crippen LogP contribution in [0.2, 0.25) is 5.02 Å². The van der Waals surface area contributed by atoms with Gasteiger partial charge in [-0.3, -0.25) is 0 Å². The van der Waals surface area contributed by atoms with Crippen molar-refractivity contribution in [3.63, 3.8) is 0 Å². The van der Waals surface area contributed by atoms with E-state index in [0.29, 0.717) is 6.42 Å². The minimum atomic E-state index is -1.24. The van der Waals surface area contributed by atoms with Crippen molar-refractivity contribution in [2.24, 2.45) is 5.92 Å². The Kier molecular flexibility index (Phi) is 13.4. The molecule has 1 aromatic rings. The smallest absolute Gasteiger partial charge is 0.550 e. The molecule has 4 nitrogen and oxygen atoms in total. The Morgan fingerprint density at radius 3 is 2.10 bits per heavy atom. The molecule has 0 N–H and O–H groups in total. The van der Waals surface area contributed by atoms with E-state index >= 15 is 0 Å². The van der Waals surface area contributed by atoms with Crippen LogP contribution in [0.25, 0.3) is 0 Å². The van der Waals surface area contributed by atoms with Gasteiger partial charge in [-0.1, -0.05) is 56.5 Å². The van der Waals surface area contributed by atoms with Crippen LogP contribution < -0.4 is 10.2 Å². The Hall–Kier alpha value is -1.06. The first-order chi connectivity index (χ1) is 9.43. The van der Waals surface area contributed by atoms with Gasteiger partial charge >= 0.3 is 16.5 Å². The third-order valence-electron chi connectivity index (χ3n) is 2.83. The van der Waals surface area contributed by atoms with Gasteiger partial charge in [0.2, 0.25) is 0 Å². The van der Waals surface area contributed by atoms with Gasteiger partial charge in [0.05, 0.1) is 5.97 Å². The molecule has 0 radical (unpaired) electrons. The summed E-state index contributed by atoms with van der Waals surface area (Å²) in [5.74, 6) is -2.36. The van der Waals surface area contributed by atoms with Crippen LogP contribution in [-0.2, 0) is 21.3 Å². The normalized spacial score (nSPS) is 10.6. The van der Waals surface area contributed by atoms with Crippen molar-refractivity contribution >= 4 is 23.5 Å². The molecule has 0 saturated carbocycles. The number of aromatic carboxylic acids is 1. The predicted octanol–water partition coefficient (Wildman–Crippen LogP) is 1.65. The van der Waals surface area contributed by atoms with Crippen LogP contribution in [0.5, 0.6) is 0 Å². The summed E-state index contributed by atoms with van der Waals surface area (Å²) in [6, 6.07) is 6.16. The summed E-state index contributed by atoms with van der Waals surface area (Å²) in [5, 5.41) is 20.8. The second kappa shape index (κ2) is 12.7. The van der Waals surface area contributed by atoms with Crippen LogP contribution in [0, 0.1) is 5.92 Å². The third-order valence-corrected chi connectivity index (χ3v) is 3.16. The fourth-order valence-corrected chi connectivity index (χ4v) is 1.78. The molecule has 0 bridgehead atoms. The summed E-state index contributed by atoms with van der Waals surface area (Å²) in [7, 11) is 0. The Morgan fingerprint density at radius 1 is 1.19 bits per heavy atom. The van der Waals surface area contributed by atoms with Gasteiger partial charge in [0, 0.05) is 16.6 Å². The standard InChI is InChI=1S/C8H16O2.C7H5ClO2.Ni/c1-3-5-6-7(4-2)8(9)10;8-6-4-2-1-3-5(6)7(9)10;/h7H,3-6H2,1-2H3,(H,9,10);1-4H,(H,9,10);/q;;+2/p-2. The Labute approximate surface area is 140 Å². The molecule has 120 valence electrons. The largest absolute Gasteiger partial charge is 2.00 e. The van der Waals surface area contributed by atoms with Crippen molar-refractivity contribution in [1.29, 1.82) is 0 Å². The molecule has 0 amide bonds. The van der Waals surface area contributed by atoms with Crippen molar-refractivity contribution in [3.8, 4) is 0 Å². The van der Waals surface area contributed by atoms with Crippen molar-refractivity contribution in [2.75, 3.05) is 0 Å². The number of carbonyl (C=O) groups excluding carboxylic acids is 2. The van der Waals surface area contributed by atoms with E-state index in [1.807, 2.05) is 6.92 Å². The molecule has 0 aromatic heterocycles. The first-order valence-corrected chi connectivity index (χ1v) is 6.98. The maximum absolute atomic E-state index is 10.3. The van der Waals surface area contributed by atoms with E-state index < -0.39 is 11.9 Å². The summed E-state index contributed by atoms with van der Waals surface area (Å²) < 4.78 is 0. The summed E-state index contributed by atoms with van der Waals surface area (Å²) >= 11 is 5.50. The van der Waals surface area contributed by atoms with E-state index in [1.54, 1.807) is 12.1 Å². The van der Waals surface area contributed by atoms with Crippen LogP contribution in [0.4, 0.5) is 0 Å². The molecule has 0 spiro atoms. The molecule has 0 aliphatic carbocycles. The zero-order chi connectivity index (χ0) is 15.5.